The van der Waals surface area contributed by atoms with E-state index >= 15 is 0 Å². The molecule has 21 heavy (non-hydrogen) atoms. The van der Waals surface area contributed by atoms with Crippen molar-refractivity contribution >= 4 is 28.7 Å². The first-order valence-electron chi connectivity index (χ1n) is 7.22. The fourth-order valence-electron chi connectivity index (χ4n) is 2.73. The number of Topliss-reactive ketones (excluding diaryl/α,β-unsaturated/α-hetero) is 1. The summed E-state index contributed by atoms with van der Waals surface area (Å²) in [5.74, 6) is -0.305. The summed E-state index contributed by atoms with van der Waals surface area (Å²) in [5, 5.41) is 0.321. The highest BCUT2D eigenvalue weighted by Crippen LogP contribution is 2.30. The Kier molecular flexibility index (Phi) is 4.41. The minimum atomic E-state index is -0.376. The van der Waals surface area contributed by atoms with Crippen LogP contribution in [0.2, 0.25) is 5.02 Å². The first-order chi connectivity index (χ1) is 10.1. The van der Waals surface area contributed by atoms with E-state index in [0.29, 0.717) is 10.6 Å². The second kappa shape index (κ2) is 6.29. The maximum Gasteiger partial charge on any atom is 0.177 e. The highest BCUT2D eigenvalue weighted by Gasteiger charge is 2.17. The molecule has 0 saturated heterocycles. The van der Waals surface area contributed by atoms with Crippen molar-refractivity contribution in [1.29, 1.82) is 0 Å². The normalized spacial score (nSPS) is 14.6. The molecule has 1 aromatic carbocycles. The average molecular weight is 323 g/mol. The Balaban J connectivity index is 1.79. The van der Waals surface area contributed by atoms with Crippen molar-refractivity contribution in [3.8, 4) is 0 Å². The summed E-state index contributed by atoms with van der Waals surface area (Å²) in [4.78, 5) is 14.6. The first-order valence-corrected chi connectivity index (χ1v) is 8.41. The van der Waals surface area contributed by atoms with Gasteiger partial charge in [0.2, 0.25) is 0 Å². The van der Waals surface area contributed by atoms with Crippen LogP contribution in [0.1, 0.15) is 44.9 Å². The van der Waals surface area contributed by atoms with Crippen LogP contribution >= 0.6 is 22.9 Å². The van der Waals surface area contributed by atoms with Crippen molar-refractivity contribution in [1.82, 2.24) is 0 Å². The summed E-state index contributed by atoms with van der Waals surface area (Å²) in [6.45, 7) is 0. The Morgan fingerprint density at radius 1 is 1.19 bits per heavy atom. The molecule has 1 aliphatic rings. The minimum absolute atomic E-state index is 0.0709. The topological polar surface area (TPSA) is 17.1 Å². The number of carbonyl (C=O) groups excluding carboxylic acids is 1. The zero-order valence-corrected chi connectivity index (χ0v) is 13.2. The zero-order valence-electron chi connectivity index (χ0n) is 11.6. The Labute approximate surface area is 132 Å². The minimum Gasteiger partial charge on any atom is -0.293 e. The van der Waals surface area contributed by atoms with Crippen LogP contribution in [0.4, 0.5) is 4.39 Å². The molecule has 1 nitrogen and oxygen atoms in total. The monoisotopic (exact) mass is 322 g/mol. The van der Waals surface area contributed by atoms with E-state index in [1.165, 1.54) is 41.8 Å². The number of fused-ring (bicyclic) bond motifs is 1. The third-order valence-corrected chi connectivity index (χ3v) is 5.52. The second-order valence-corrected chi connectivity index (χ2v) is 7.00. The molecule has 0 N–H and O–H groups in total. The molecule has 4 heteroatoms. The highest BCUT2D eigenvalue weighted by molar-refractivity contribution is 7.14. The molecule has 0 atom stereocenters. The van der Waals surface area contributed by atoms with Crippen LogP contribution in [0.5, 0.6) is 0 Å². The Hall–Kier alpha value is -1.19. The molecule has 0 saturated carbocycles. The molecule has 0 bridgehead atoms. The summed E-state index contributed by atoms with van der Waals surface area (Å²) >= 11 is 7.61. The third kappa shape index (κ3) is 3.35. The molecular weight excluding hydrogens is 307 g/mol. The number of aryl methyl sites for hydroxylation is 2. The second-order valence-electron chi connectivity index (χ2n) is 5.46. The Morgan fingerprint density at radius 2 is 2.00 bits per heavy atom. The van der Waals surface area contributed by atoms with Gasteiger partial charge in [-0.05, 0) is 55.0 Å². The van der Waals surface area contributed by atoms with Gasteiger partial charge in [-0.3, -0.25) is 4.79 Å². The van der Waals surface area contributed by atoms with Crippen molar-refractivity contribution in [2.45, 2.75) is 38.5 Å². The predicted octanol–water partition coefficient (Wildman–Crippen LogP) is 5.23. The zero-order chi connectivity index (χ0) is 14.8. The maximum absolute atomic E-state index is 13.0. The van der Waals surface area contributed by atoms with Gasteiger partial charge in [0.15, 0.2) is 5.78 Å². The largest absolute Gasteiger partial charge is 0.293 e. The van der Waals surface area contributed by atoms with Crippen LogP contribution in [-0.2, 0) is 19.3 Å². The first kappa shape index (κ1) is 14.7. The molecule has 0 amide bonds. The van der Waals surface area contributed by atoms with Crippen molar-refractivity contribution < 1.29 is 9.18 Å². The van der Waals surface area contributed by atoms with E-state index in [4.69, 9.17) is 11.6 Å². The van der Waals surface area contributed by atoms with E-state index in [1.54, 1.807) is 17.4 Å². The van der Waals surface area contributed by atoms with E-state index < -0.39 is 0 Å². The molecule has 3 rings (SSSR count). The van der Waals surface area contributed by atoms with E-state index in [1.807, 2.05) is 6.07 Å². The van der Waals surface area contributed by atoms with Crippen LogP contribution in [-0.4, -0.2) is 5.78 Å². The van der Waals surface area contributed by atoms with Crippen LogP contribution in [0, 0.1) is 5.82 Å². The van der Waals surface area contributed by atoms with Crippen LogP contribution in [0.25, 0.3) is 0 Å². The lowest BCUT2D eigenvalue weighted by atomic mass is 10.1. The number of benzene rings is 1. The lowest BCUT2D eigenvalue weighted by molar-refractivity contribution is 0.0996. The predicted molar refractivity (Wildman–Crippen MR) is 85.0 cm³/mol. The van der Waals surface area contributed by atoms with Crippen molar-refractivity contribution in [2.75, 3.05) is 0 Å². The van der Waals surface area contributed by atoms with Gasteiger partial charge in [0.25, 0.3) is 0 Å². The van der Waals surface area contributed by atoms with Gasteiger partial charge < -0.3 is 0 Å². The Bertz CT molecular complexity index is 654. The van der Waals surface area contributed by atoms with Gasteiger partial charge in [-0.15, -0.1) is 11.3 Å². The highest BCUT2D eigenvalue weighted by atomic mass is 35.5. The van der Waals surface area contributed by atoms with Crippen molar-refractivity contribution in [3.63, 3.8) is 0 Å². The summed E-state index contributed by atoms with van der Waals surface area (Å²) in [5.41, 5.74) is 2.03. The molecule has 110 valence electrons. The number of ketones is 1. The molecule has 0 unspecified atom stereocenters. The fraction of sp³-hybridized carbons (Fsp3) is 0.353. The molecule has 1 aromatic heterocycles. The molecule has 0 fully saturated rings. The van der Waals surface area contributed by atoms with Gasteiger partial charge in [0.05, 0.1) is 4.88 Å². The number of hydrogen-bond acceptors (Lipinski definition) is 2. The summed E-state index contributed by atoms with van der Waals surface area (Å²) in [7, 11) is 0. The number of thiophene rings is 1. The van der Waals surface area contributed by atoms with Gasteiger partial charge in [0, 0.05) is 16.3 Å². The molecule has 0 radical (unpaired) electrons. The average Bonchev–Trinajstić information content (AvgIpc) is 2.73. The van der Waals surface area contributed by atoms with Gasteiger partial charge in [-0.2, -0.15) is 0 Å². The summed E-state index contributed by atoms with van der Waals surface area (Å²) < 4.78 is 13.0. The molecule has 0 aliphatic heterocycles. The van der Waals surface area contributed by atoms with Gasteiger partial charge >= 0.3 is 0 Å². The smallest absolute Gasteiger partial charge is 0.177 e. The summed E-state index contributed by atoms with van der Waals surface area (Å²) in [6, 6.07) is 6.24. The molecule has 2 aromatic rings. The van der Waals surface area contributed by atoms with E-state index in [-0.39, 0.29) is 18.0 Å². The Morgan fingerprint density at radius 3 is 2.81 bits per heavy atom. The molecular formula is C17H16ClFOS. The fourth-order valence-corrected chi connectivity index (χ4v) is 4.16. The van der Waals surface area contributed by atoms with E-state index in [2.05, 4.69) is 0 Å². The van der Waals surface area contributed by atoms with Gasteiger partial charge in [-0.25, -0.2) is 4.39 Å². The SMILES string of the molecule is O=C(Cc1ccc(F)cc1Cl)c1cc2c(s1)CCCCC2. The van der Waals surface area contributed by atoms with Crippen LogP contribution in [0.15, 0.2) is 24.3 Å². The van der Waals surface area contributed by atoms with Gasteiger partial charge in [-0.1, -0.05) is 24.1 Å². The summed E-state index contributed by atoms with van der Waals surface area (Å²) in [6.07, 6.45) is 6.10. The lowest BCUT2D eigenvalue weighted by Crippen LogP contribution is -2.02. The molecule has 1 heterocycles. The molecule has 1 aliphatic carbocycles. The quantitative estimate of drug-likeness (QED) is 0.558. The van der Waals surface area contributed by atoms with Crippen LogP contribution < -0.4 is 0 Å². The lowest BCUT2D eigenvalue weighted by Gasteiger charge is -2.02. The number of halogens is 2. The number of rotatable bonds is 3. The van der Waals surface area contributed by atoms with E-state index in [9.17, 15) is 9.18 Å². The molecule has 0 spiro atoms. The standard InChI is InChI=1S/C17H16ClFOS/c18-14-10-13(19)7-6-11(14)8-15(20)17-9-12-4-2-1-3-5-16(12)21-17/h6-7,9-10H,1-5,8H2. The maximum atomic E-state index is 13.0. The number of carbonyl (C=O) groups is 1. The van der Waals surface area contributed by atoms with Crippen molar-refractivity contribution in [2.24, 2.45) is 0 Å². The van der Waals surface area contributed by atoms with E-state index in [0.717, 1.165) is 17.7 Å². The van der Waals surface area contributed by atoms with Crippen LogP contribution in [0.3, 0.4) is 0 Å². The van der Waals surface area contributed by atoms with Crippen molar-refractivity contribution in [3.05, 3.63) is 56.0 Å². The van der Waals surface area contributed by atoms with Gasteiger partial charge in [0.1, 0.15) is 5.82 Å². The number of hydrogen-bond donors (Lipinski definition) is 0. The third-order valence-electron chi connectivity index (χ3n) is 3.89.